The number of nitrogens with one attached hydrogen (secondary N) is 1. The summed E-state index contributed by atoms with van der Waals surface area (Å²) in [6.45, 7) is 6.54. The molecule has 1 unspecified atom stereocenters. The molecule has 1 aliphatic rings. The highest BCUT2D eigenvalue weighted by Gasteiger charge is 2.20. The maximum Gasteiger partial charge on any atom is 0.0829 e. The van der Waals surface area contributed by atoms with E-state index in [0.29, 0.717) is 6.17 Å². The van der Waals surface area contributed by atoms with Crippen LogP contribution in [-0.4, -0.2) is 24.2 Å². The summed E-state index contributed by atoms with van der Waals surface area (Å²) in [4.78, 5) is 2.47. The first-order chi connectivity index (χ1) is 11.8. The first kappa shape index (κ1) is 16.5. The van der Waals surface area contributed by atoms with Crippen molar-refractivity contribution in [2.24, 2.45) is 0 Å². The molecule has 0 aromatic heterocycles. The van der Waals surface area contributed by atoms with Crippen LogP contribution in [0.25, 0.3) is 11.1 Å². The molecule has 0 amide bonds. The van der Waals surface area contributed by atoms with Crippen LogP contribution >= 0.6 is 0 Å². The molecule has 124 valence electrons. The average molecular weight is 318 g/mol. The molecule has 1 N–H and O–H groups in total. The fourth-order valence-corrected chi connectivity index (χ4v) is 3.29. The maximum absolute atomic E-state index is 3.64. The molecule has 0 aliphatic carbocycles. The van der Waals surface area contributed by atoms with Crippen molar-refractivity contribution < 1.29 is 0 Å². The Kier molecular flexibility index (Phi) is 5.50. The SMILES string of the molecule is CCN(CC)C1CC(c2ccccc2)=CC(c2ccccc2)=CN1. The highest BCUT2D eigenvalue weighted by atomic mass is 15.3. The molecule has 1 atom stereocenters. The Morgan fingerprint density at radius 1 is 0.875 bits per heavy atom. The van der Waals surface area contributed by atoms with E-state index >= 15 is 0 Å². The largest absolute Gasteiger partial charge is 0.375 e. The van der Waals surface area contributed by atoms with E-state index in [-0.39, 0.29) is 0 Å². The minimum atomic E-state index is 0.327. The van der Waals surface area contributed by atoms with Crippen molar-refractivity contribution in [1.82, 2.24) is 10.2 Å². The van der Waals surface area contributed by atoms with Gasteiger partial charge in [0, 0.05) is 12.6 Å². The lowest BCUT2D eigenvalue weighted by atomic mass is 9.97. The first-order valence-corrected chi connectivity index (χ1v) is 8.83. The van der Waals surface area contributed by atoms with Gasteiger partial charge >= 0.3 is 0 Å². The Hall–Kier alpha value is -2.32. The second-order valence-electron chi connectivity index (χ2n) is 6.11. The smallest absolute Gasteiger partial charge is 0.0829 e. The standard InChI is InChI=1S/C22H26N2/c1-3-24(4-2)22-16-20(18-11-7-5-8-12-18)15-21(17-23-22)19-13-9-6-10-14-19/h5-15,17,22-23H,3-4,16H2,1-2H3. The predicted molar refractivity (Wildman–Crippen MR) is 103 cm³/mol. The van der Waals surface area contributed by atoms with Crippen LogP contribution in [0.15, 0.2) is 72.9 Å². The third-order valence-corrected chi connectivity index (χ3v) is 4.68. The van der Waals surface area contributed by atoms with Crippen LogP contribution in [-0.2, 0) is 0 Å². The second-order valence-corrected chi connectivity index (χ2v) is 6.11. The van der Waals surface area contributed by atoms with E-state index in [4.69, 9.17) is 0 Å². The second kappa shape index (κ2) is 7.98. The third-order valence-electron chi connectivity index (χ3n) is 4.68. The van der Waals surface area contributed by atoms with Gasteiger partial charge in [-0.15, -0.1) is 0 Å². The molecule has 2 nitrogen and oxygen atoms in total. The summed E-state index contributed by atoms with van der Waals surface area (Å²) in [5, 5.41) is 3.64. The van der Waals surface area contributed by atoms with Crippen LogP contribution in [0.1, 0.15) is 31.4 Å². The zero-order valence-electron chi connectivity index (χ0n) is 14.6. The van der Waals surface area contributed by atoms with Crippen molar-refractivity contribution in [1.29, 1.82) is 0 Å². The quantitative estimate of drug-likeness (QED) is 0.854. The highest BCUT2D eigenvalue weighted by molar-refractivity contribution is 5.84. The minimum absolute atomic E-state index is 0.327. The van der Waals surface area contributed by atoms with Crippen LogP contribution in [0.3, 0.4) is 0 Å². The van der Waals surface area contributed by atoms with Crippen molar-refractivity contribution in [3.8, 4) is 0 Å². The molecule has 3 rings (SSSR count). The Bertz CT molecular complexity index is 697. The molecular formula is C22H26N2. The number of hydrogen-bond acceptors (Lipinski definition) is 2. The van der Waals surface area contributed by atoms with Gasteiger partial charge < -0.3 is 5.32 Å². The molecule has 0 spiro atoms. The molecular weight excluding hydrogens is 292 g/mol. The van der Waals surface area contributed by atoms with Crippen LogP contribution in [0, 0.1) is 0 Å². The number of rotatable bonds is 5. The van der Waals surface area contributed by atoms with E-state index in [9.17, 15) is 0 Å². The van der Waals surface area contributed by atoms with Crippen LogP contribution in [0.2, 0.25) is 0 Å². The van der Waals surface area contributed by atoms with E-state index in [1.165, 1.54) is 22.3 Å². The predicted octanol–water partition coefficient (Wildman–Crippen LogP) is 4.77. The van der Waals surface area contributed by atoms with E-state index in [1.54, 1.807) is 0 Å². The van der Waals surface area contributed by atoms with Gasteiger partial charge in [0.25, 0.3) is 0 Å². The van der Waals surface area contributed by atoms with Crippen LogP contribution < -0.4 is 5.32 Å². The number of nitrogens with zero attached hydrogens (tertiary/aromatic N) is 1. The topological polar surface area (TPSA) is 15.3 Å². The van der Waals surface area contributed by atoms with Crippen LogP contribution in [0.5, 0.6) is 0 Å². The molecule has 1 aliphatic heterocycles. The minimum Gasteiger partial charge on any atom is -0.375 e. The van der Waals surface area contributed by atoms with E-state index in [0.717, 1.165) is 19.5 Å². The number of hydrogen-bond donors (Lipinski definition) is 1. The molecule has 0 bridgehead atoms. The van der Waals surface area contributed by atoms with Gasteiger partial charge in [-0.05, 0) is 41.4 Å². The summed E-state index contributed by atoms with van der Waals surface area (Å²) >= 11 is 0. The Morgan fingerprint density at radius 3 is 2.04 bits per heavy atom. The van der Waals surface area contributed by atoms with Gasteiger partial charge in [-0.25, -0.2) is 0 Å². The molecule has 0 saturated heterocycles. The molecule has 2 heteroatoms. The zero-order valence-corrected chi connectivity index (χ0v) is 14.6. The van der Waals surface area contributed by atoms with Gasteiger partial charge in [-0.1, -0.05) is 74.5 Å². The molecule has 0 fully saturated rings. The van der Waals surface area contributed by atoms with Gasteiger partial charge in [-0.2, -0.15) is 0 Å². The summed E-state index contributed by atoms with van der Waals surface area (Å²) in [7, 11) is 0. The summed E-state index contributed by atoms with van der Waals surface area (Å²) in [5.74, 6) is 0. The van der Waals surface area contributed by atoms with Gasteiger partial charge in [0.2, 0.25) is 0 Å². The molecule has 24 heavy (non-hydrogen) atoms. The Morgan fingerprint density at radius 2 is 1.46 bits per heavy atom. The first-order valence-electron chi connectivity index (χ1n) is 8.83. The van der Waals surface area contributed by atoms with E-state index < -0.39 is 0 Å². The summed E-state index contributed by atoms with van der Waals surface area (Å²) in [5.41, 5.74) is 5.18. The summed E-state index contributed by atoms with van der Waals surface area (Å²) < 4.78 is 0. The van der Waals surface area contributed by atoms with Gasteiger partial charge in [0.15, 0.2) is 0 Å². The van der Waals surface area contributed by atoms with Crippen LogP contribution in [0.4, 0.5) is 0 Å². The van der Waals surface area contributed by atoms with Crippen molar-refractivity contribution in [2.75, 3.05) is 13.1 Å². The number of allylic oxidation sites excluding steroid dienone is 2. The molecule has 0 saturated carbocycles. The molecule has 1 heterocycles. The van der Waals surface area contributed by atoms with Gasteiger partial charge in [0.05, 0.1) is 6.17 Å². The fraction of sp³-hybridized carbons (Fsp3) is 0.273. The van der Waals surface area contributed by atoms with Crippen molar-refractivity contribution in [3.63, 3.8) is 0 Å². The zero-order chi connectivity index (χ0) is 16.8. The highest BCUT2D eigenvalue weighted by Crippen LogP contribution is 2.28. The number of benzene rings is 2. The monoisotopic (exact) mass is 318 g/mol. The lowest BCUT2D eigenvalue weighted by Gasteiger charge is -2.30. The van der Waals surface area contributed by atoms with E-state index in [1.807, 2.05) is 0 Å². The third kappa shape index (κ3) is 3.77. The van der Waals surface area contributed by atoms with E-state index in [2.05, 4.69) is 97.0 Å². The Labute approximate surface area is 145 Å². The summed E-state index contributed by atoms with van der Waals surface area (Å²) in [6.07, 6.45) is 5.83. The fourth-order valence-electron chi connectivity index (χ4n) is 3.29. The van der Waals surface area contributed by atoms with Crippen molar-refractivity contribution in [3.05, 3.63) is 84.1 Å². The normalized spacial score (nSPS) is 17.7. The van der Waals surface area contributed by atoms with Crippen molar-refractivity contribution in [2.45, 2.75) is 26.4 Å². The lowest BCUT2D eigenvalue weighted by Crippen LogP contribution is -2.43. The average Bonchev–Trinajstić information content (AvgIpc) is 2.88. The molecule has 2 aromatic rings. The van der Waals surface area contributed by atoms with Gasteiger partial charge in [-0.3, -0.25) is 4.90 Å². The maximum atomic E-state index is 3.64. The molecule has 0 radical (unpaired) electrons. The summed E-state index contributed by atoms with van der Waals surface area (Å²) in [6, 6.07) is 21.3. The van der Waals surface area contributed by atoms with Gasteiger partial charge in [0.1, 0.15) is 0 Å². The molecule has 2 aromatic carbocycles. The van der Waals surface area contributed by atoms with Crippen molar-refractivity contribution >= 4 is 11.1 Å². The Balaban J connectivity index is 2.00. The lowest BCUT2D eigenvalue weighted by molar-refractivity contribution is 0.201.